The molecule has 0 radical (unpaired) electrons. The van der Waals surface area contributed by atoms with Gasteiger partial charge in [-0.15, -0.1) is 11.3 Å². The van der Waals surface area contributed by atoms with Crippen LogP contribution in [0.2, 0.25) is 0 Å². The summed E-state index contributed by atoms with van der Waals surface area (Å²) in [7, 11) is 0. The van der Waals surface area contributed by atoms with Crippen LogP contribution in [0, 0.1) is 0 Å². The Labute approximate surface area is 126 Å². The van der Waals surface area contributed by atoms with Crippen LogP contribution in [0.25, 0.3) is 10.2 Å². The summed E-state index contributed by atoms with van der Waals surface area (Å²) >= 11 is 1.59. The van der Waals surface area contributed by atoms with Crippen molar-refractivity contribution in [3.05, 3.63) is 51.9 Å². The summed E-state index contributed by atoms with van der Waals surface area (Å²) < 4.78 is 1.68. The lowest BCUT2D eigenvalue weighted by molar-refractivity contribution is 0.517. The van der Waals surface area contributed by atoms with E-state index in [9.17, 15) is 4.79 Å². The highest BCUT2D eigenvalue weighted by atomic mass is 32.1. The molecular weight excluding hydrogens is 284 g/mol. The first-order valence-corrected chi connectivity index (χ1v) is 7.75. The van der Waals surface area contributed by atoms with E-state index in [1.165, 1.54) is 4.88 Å². The molecule has 3 aromatic heterocycles. The molecule has 0 saturated carbocycles. The van der Waals surface area contributed by atoms with E-state index in [1.54, 1.807) is 40.8 Å². The molecule has 1 atom stereocenters. The Morgan fingerprint density at radius 2 is 2.19 bits per heavy atom. The summed E-state index contributed by atoms with van der Waals surface area (Å²) in [5, 5.41) is 0.713. The van der Waals surface area contributed by atoms with Gasteiger partial charge < -0.3 is 0 Å². The average Bonchev–Trinajstić information content (AvgIpc) is 2.93. The Hall–Kier alpha value is -2.08. The Kier molecular flexibility index (Phi) is 3.79. The molecule has 21 heavy (non-hydrogen) atoms. The molecule has 3 rings (SSSR count). The fraction of sp³-hybridized carbons (Fsp3) is 0.333. The molecule has 0 aliphatic rings. The fourth-order valence-electron chi connectivity index (χ4n) is 2.31. The molecule has 3 aromatic rings. The number of fused-ring (bicyclic) bond motifs is 1. The molecule has 0 aliphatic carbocycles. The summed E-state index contributed by atoms with van der Waals surface area (Å²) in [6, 6.07) is 1.96. The largest absolute Gasteiger partial charge is 0.295 e. The van der Waals surface area contributed by atoms with Gasteiger partial charge in [-0.25, -0.2) is 4.98 Å². The van der Waals surface area contributed by atoms with Crippen LogP contribution in [0.15, 0.2) is 35.8 Å². The van der Waals surface area contributed by atoms with Crippen LogP contribution >= 0.6 is 11.3 Å². The van der Waals surface area contributed by atoms with Gasteiger partial charge >= 0.3 is 0 Å². The molecular formula is C15H16N4OS. The third-order valence-corrected chi connectivity index (χ3v) is 4.66. The van der Waals surface area contributed by atoms with Gasteiger partial charge in [-0.05, 0) is 19.4 Å². The SMILES string of the molecule is CCc1cc2c(=O)n(C(C)Cc3cnccn3)cnc2s1. The van der Waals surface area contributed by atoms with Gasteiger partial charge in [0.15, 0.2) is 0 Å². The third kappa shape index (κ3) is 2.71. The molecule has 0 aromatic carbocycles. The van der Waals surface area contributed by atoms with Gasteiger partial charge in [-0.3, -0.25) is 19.3 Å². The van der Waals surface area contributed by atoms with Gasteiger partial charge in [0.2, 0.25) is 0 Å². The molecule has 0 saturated heterocycles. The number of aryl methyl sites for hydroxylation is 1. The minimum absolute atomic E-state index is 0.00363. The van der Waals surface area contributed by atoms with Crippen LogP contribution in [-0.4, -0.2) is 19.5 Å². The van der Waals surface area contributed by atoms with Crippen molar-refractivity contribution in [3.8, 4) is 0 Å². The number of thiophene rings is 1. The monoisotopic (exact) mass is 300 g/mol. The lowest BCUT2D eigenvalue weighted by Gasteiger charge is -2.13. The molecule has 0 aliphatic heterocycles. The predicted molar refractivity (Wildman–Crippen MR) is 83.7 cm³/mol. The van der Waals surface area contributed by atoms with Crippen molar-refractivity contribution in [2.24, 2.45) is 0 Å². The Bertz CT molecular complexity index is 809. The van der Waals surface area contributed by atoms with Gasteiger partial charge in [-0.2, -0.15) is 0 Å². The van der Waals surface area contributed by atoms with Crippen molar-refractivity contribution in [2.75, 3.05) is 0 Å². The van der Waals surface area contributed by atoms with Crippen LogP contribution < -0.4 is 5.56 Å². The average molecular weight is 300 g/mol. The van der Waals surface area contributed by atoms with Crippen LogP contribution in [0.1, 0.15) is 30.5 Å². The second-order valence-electron chi connectivity index (χ2n) is 4.99. The molecule has 0 fully saturated rings. The highest BCUT2D eigenvalue weighted by Gasteiger charge is 2.13. The number of rotatable bonds is 4. The quantitative estimate of drug-likeness (QED) is 0.743. The molecule has 6 heteroatoms. The fourth-order valence-corrected chi connectivity index (χ4v) is 3.24. The molecule has 0 spiro atoms. The molecule has 1 unspecified atom stereocenters. The second kappa shape index (κ2) is 5.73. The maximum absolute atomic E-state index is 12.6. The minimum Gasteiger partial charge on any atom is -0.295 e. The topological polar surface area (TPSA) is 60.7 Å². The van der Waals surface area contributed by atoms with E-state index < -0.39 is 0 Å². The van der Waals surface area contributed by atoms with Gasteiger partial charge in [-0.1, -0.05) is 6.92 Å². The number of nitrogens with zero attached hydrogens (tertiary/aromatic N) is 4. The highest BCUT2D eigenvalue weighted by Crippen LogP contribution is 2.22. The van der Waals surface area contributed by atoms with Crippen molar-refractivity contribution in [3.63, 3.8) is 0 Å². The van der Waals surface area contributed by atoms with Gasteiger partial charge in [0.25, 0.3) is 5.56 Å². The first-order valence-electron chi connectivity index (χ1n) is 6.93. The van der Waals surface area contributed by atoms with Crippen LogP contribution in [0.4, 0.5) is 0 Å². The second-order valence-corrected chi connectivity index (χ2v) is 6.11. The first-order chi connectivity index (χ1) is 10.2. The Balaban J connectivity index is 1.96. The predicted octanol–water partition coefficient (Wildman–Crippen LogP) is 2.61. The summed E-state index contributed by atoms with van der Waals surface area (Å²) in [5.41, 5.74) is 0.893. The smallest absolute Gasteiger partial charge is 0.262 e. The Morgan fingerprint density at radius 3 is 2.90 bits per heavy atom. The van der Waals surface area contributed by atoms with Crippen molar-refractivity contribution < 1.29 is 0 Å². The molecule has 0 bridgehead atoms. The van der Waals surface area contributed by atoms with Crippen molar-refractivity contribution in [1.29, 1.82) is 0 Å². The van der Waals surface area contributed by atoms with E-state index in [0.29, 0.717) is 11.8 Å². The lowest BCUT2D eigenvalue weighted by atomic mass is 10.2. The van der Waals surface area contributed by atoms with E-state index >= 15 is 0 Å². The summed E-state index contributed by atoms with van der Waals surface area (Å²) in [6.07, 6.45) is 8.26. The first kappa shape index (κ1) is 13.9. The standard InChI is InChI=1S/C15H16N4OS/c1-3-12-7-13-14(21-12)18-9-19(15(13)20)10(2)6-11-8-16-4-5-17-11/h4-5,7-10H,3,6H2,1-2H3. The van der Waals surface area contributed by atoms with E-state index in [2.05, 4.69) is 21.9 Å². The van der Waals surface area contributed by atoms with Gasteiger partial charge in [0.1, 0.15) is 4.83 Å². The van der Waals surface area contributed by atoms with Crippen molar-refractivity contribution in [2.45, 2.75) is 32.7 Å². The molecule has 0 amide bonds. The zero-order valence-electron chi connectivity index (χ0n) is 12.0. The van der Waals surface area contributed by atoms with E-state index in [0.717, 1.165) is 16.9 Å². The van der Waals surface area contributed by atoms with E-state index in [-0.39, 0.29) is 11.6 Å². The van der Waals surface area contributed by atoms with E-state index in [4.69, 9.17) is 0 Å². The third-order valence-electron chi connectivity index (χ3n) is 3.47. The maximum Gasteiger partial charge on any atom is 0.262 e. The van der Waals surface area contributed by atoms with Gasteiger partial charge in [0, 0.05) is 35.9 Å². The molecule has 5 nitrogen and oxygen atoms in total. The van der Waals surface area contributed by atoms with E-state index in [1.807, 2.05) is 13.0 Å². The molecule has 108 valence electrons. The molecule has 3 heterocycles. The molecule has 0 N–H and O–H groups in total. The van der Waals surface area contributed by atoms with Crippen LogP contribution in [0.3, 0.4) is 0 Å². The van der Waals surface area contributed by atoms with Crippen molar-refractivity contribution in [1.82, 2.24) is 19.5 Å². The zero-order chi connectivity index (χ0) is 14.8. The number of aromatic nitrogens is 4. The summed E-state index contributed by atoms with van der Waals surface area (Å²) in [6.45, 7) is 4.08. The minimum atomic E-state index is -0.00363. The number of hydrogen-bond acceptors (Lipinski definition) is 5. The number of hydrogen-bond donors (Lipinski definition) is 0. The lowest BCUT2D eigenvalue weighted by Crippen LogP contribution is -2.24. The van der Waals surface area contributed by atoms with Crippen molar-refractivity contribution >= 4 is 21.6 Å². The highest BCUT2D eigenvalue weighted by molar-refractivity contribution is 7.18. The van der Waals surface area contributed by atoms with Crippen LogP contribution in [-0.2, 0) is 12.8 Å². The maximum atomic E-state index is 12.6. The van der Waals surface area contributed by atoms with Crippen LogP contribution in [0.5, 0.6) is 0 Å². The summed E-state index contributed by atoms with van der Waals surface area (Å²) in [4.78, 5) is 27.3. The zero-order valence-corrected chi connectivity index (χ0v) is 12.8. The van der Waals surface area contributed by atoms with Gasteiger partial charge in [0.05, 0.1) is 17.4 Å². The normalized spacial score (nSPS) is 12.7. The summed E-state index contributed by atoms with van der Waals surface area (Å²) in [5.74, 6) is 0. The Morgan fingerprint density at radius 1 is 1.33 bits per heavy atom.